The number of carboxylic acid groups (broad SMARTS) is 1. The number of aromatic nitrogens is 5. The Balaban J connectivity index is 0.000000679. The molecular weight excluding hydrogens is 696 g/mol. The van der Waals surface area contributed by atoms with E-state index in [1.807, 2.05) is 21.8 Å². The number of piperidine rings is 1. The number of imide groups is 2. The van der Waals surface area contributed by atoms with Gasteiger partial charge in [-0.25, -0.2) is 13.9 Å². The van der Waals surface area contributed by atoms with Crippen LogP contribution in [0.3, 0.4) is 0 Å². The minimum Gasteiger partial charge on any atom is -0.475 e. The van der Waals surface area contributed by atoms with Crippen LogP contribution in [-0.2, 0) is 27.0 Å². The fraction of sp³-hybridized carbons (Fsp3) is 0.469. The molecule has 5 heterocycles. The maximum Gasteiger partial charge on any atom is 0.490 e. The average molecular weight is 731 g/mol. The van der Waals surface area contributed by atoms with E-state index in [4.69, 9.17) is 9.90 Å². The summed E-state index contributed by atoms with van der Waals surface area (Å²) in [4.78, 5) is 64.2. The number of amides is 4. The van der Waals surface area contributed by atoms with Crippen LogP contribution in [0.1, 0.15) is 83.9 Å². The van der Waals surface area contributed by atoms with Crippen molar-refractivity contribution in [2.75, 3.05) is 31.1 Å². The van der Waals surface area contributed by atoms with E-state index >= 15 is 4.39 Å². The summed E-state index contributed by atoms with van der Waals surface area (Å²) < 4.78 is 50.9. The van der Waals surface area contributed by atoms with Crippen LogP contribution < -0.4 is 10.2 Å². The smallest absolute Gasteiger partial charge is 0.475 e. The highest BCUT2D eigenvalue weighted by Crippen LogP contribution is 2.36. The quantitative estimate of drug-likeness (QED) is 0.266. The molecule has 0 saturated carbocycles. The van der Waals surface area contributed by atoms with Crippen molar-refractivity contribution in [3.63, 3.8) is 0 Å². The Hall–Kier alpha value is -5.71. The van der Waals surface area contributed by atoms with E-state index in [1.165, 1.54) is 6.07 Å². The first kappa shape index (κ1) is 37.5. The molecule has 3 aliphatic rings. The maximum absolute atomic E-state index is 15.6. The van der Waals surface area contributed by atoms with Crippen molar-refractivity contribution in [2.45, 2.75) is 63.8 Å². The number of nitrogens with one attached hydrogen (secondary N) is 1. The molecule has 0 radical (unpaired) electrons. The molecule has 3 aromatic rings. The van der Waals surface area contributed by atoms with Crippen LogP contribution in [0, 0.1) is 17.1 Å². The highest BCUT2D eigenvalue weighted by Gasteiger charge is 2.46. The number of benzene rings is 1. The minimum absolute atomic E-state index is 0.00217. The lowest BCUT2D eigenvalue weighted by molar-refractivity contribution is -0.192. The second-order valence-corrected chi connectivity index (χ2v) is 13.0. The lowest BCUT2D eigenvalue weighted by Gasteiger charge is -2.40. The van der Waals surface area contributed by atoms with Crippen molar-refractivity contribution in [1.29, 1.82) is 5.26 Å². The molecule has 16 nitrogen and oxygen atoms in total. The molecule has 1 aromatic carbocycles. The zero-order chi connectivity index (χ0) is 38.3. The molecule has 2 unspecified atom stereocenters. The molecule has 2 atom stereocenters. The van der Waals surface area contributed by atoms with Gasteiger partial charge in [0.05, 0.1) is 28.4 Å². The molecule has 2 fully saturated rings. The summed E-state index contributed by atoms with van der Waals surface area (Å²) in [6.45, 7) is 7.90. The van der Waals surface area contributed by atoms with E-state index in [0.29, 0.717) is 37.7 Å². The Morgan fingerprint density at radius 2 is 1.69 bits per heavy atom. The number of aliphatic carboxylic acids is 1. The number of nitrogens with zero attached hydrogens (tertiary/aromatic N) is 9. The van der Waals surface area contributed by atoms with Gasteiger partial charge in [-0.1, -0.05) is 6.92 Å². The molecule has 4 amide bonds. The molecule has 2 saturated heterocycles. The Kier molecular flexibility index (Phi) is 10.2. The van der Waals surface area contributed by atoms with Gasteiger partial charge in [-0.3, -0.25) is 34.3 Å². The van der Waals surface area contributed by atoms with Crippen molar-refractivity contribution in [3.8, 4) is 6.07 Å². The first-order valence-electron chi connectivity index (χ1n) is 16.1. The van der Waals surface area contributed by atoms with Crippen LogP contribution in [0.4, 0.5) is 23.2 Å². The summed E-state index contributed by atoms with van der Waals surface area (Å²) in [5.41, 5.74) is 1.08. The molecule has 2 N–H and O–H groups in total. The number of fused-ring (bicyclic) bond motifs is 1. The van der Waals surface area contributed by atoms with Crippen molar-refractivity contribution in [1.82, 2.24) is 39.9 Å². The van der Waals surface area contributed by atoms with E-state index in [1.54, 1.807) is 11.6 Å². The van der Waals surface area contributed by atoms with Crippen molar-refractivity contribution in [3.05, 3.63) is 58.4 Å². The van der Waals surface area contributed by atoms with Gasteiger partial charge in [0.15, 0.2) is 5.82 Å². The monoisotopic (exact) mass is 730 g/mol. The summed E-state index contributed by atoms with van der Waals surface area (Å²) in [5.74, 6) is -5.41. The third kappa shape index (κ3) is 7.08. The zero-order valence-electron chi connectivity index (χ0n) is 28.4. The molecule has 3 aliphatic heterocycles. The van der Waals surface area contributed by atoms with Gasteiger partial charge in [-0.2, -0.15) is 18.4 Å². The number of carbonyl (C=O) groups is 5. The predicted octanol–water partition coefficient (Wildman–Crippen LogP) is 2.11. The van der Waals surface area contributed by atoms with E-state index in [0.717, 1.165) is 23.0 Å². The Labute approximate surface area is 293 Å². The fourth-order valence-corrected chi connectivity index (χ4v) is 6.26. The minimum atomic E-state index is -5.08. The number of aryl methyl sites for hydroxylation is 1. The van der Waals surface area contributed by atoms with E-state index in [-0.39, 0.29) is 41.2 Å². The van der Waals surface area contributed by atoms with Crippen LogP contribution in [0.15, 0.2) is 24.4 Å². The van der Waals surface area contributed by atoms with Gasteiger partial charge in [0.2, 0.25) is 11.8 Å². The number of nitriles is 1. The number of carbonyl (C=O) groups excluding carboxylic acids is 4. The first-order chi connectivity index (χ1) is 24.4. The molecule has 0 spiro atoms. The van der Waals surface area contributed by atoms with Gasteiger partial charge >= 0.3 is 12.1 Å². The molecule has 20 heteroatoms. The number of carboxylic acids is 1. The van der Waals surface area contributed by atoms with Gasteiger partial charge in [0.25, 0.3) is 11.8 Å². The van der Waals surface area contributed by atoms with Crippen molar-refractivity contribution < 1.29 is 46.6 Å². The summed E-state index contributed by atoms with van der Waals surface area (Å²) >= 11 is 0. The highest BCUT2D eigenvalue weighted by atomic mass is 19.4. The number of hydrogen-bond donors (Lipinski definition) is 2. The van der Waals surface area contributed by atoms with Gasteiger partial charge in [0, 0.05) is 45.8 Å². The van der Waals surface area contributed by atoms with Crippen LogP contribution in [-0.4, -0.2) is 108 Å². The SMILES string of the molecule is CCC(C)(C)n1nnnc1C(c1cc(C#N)n(C)c1)N1CCN(c2cc3c(cc2F)C(=O)N(C2CCC(=O)NC2=O)C3=O)CC1.O=C(O)C(F)(F)F. The third-order valence-electron chi connectivity index (χ3n) is 9.40. The summed E-state index contributed by atoms with van der Waals surface area (Å²) in [6, 6.07) is 4.96. The molecular formula is C32H34F4N10O6. The largest absolute Gasteiger partial charge is 0.490 e. The topological polar surface area (TPSA) is 200 Å². The number of anilines is 1. The number of alkyl halides is 3. The molecule has 0 aliphatic carbocycles. The lowest BCUT2D eigenvalue weighted by Crippen LogP contribution is -2.54. The normalized spacial score (nSPS) is 18.8. The van der Waals surface area contributed by atoms with Crippen LogP contribution in [0.25, 0.3) is 0 Å². The summed E-state index contributed by atoms with van der Waals surface area (Å²) in [6.07, 6.45) is -2.39. The lowest BCUT2D eigenvalue weighted by atomic mass is 10.00. The summed E-state index contributed by atoms with van der Waals surface area (Å²) in [7, 11) is 1.81. The van der Waals surface area contributed by atoms with Crippen molar-refractivity contribution >= 4 is 35.3 Å². The predicted molar refractivity (Wildman–Crippen MR) is 170 cm³/mol. The van der Waals surface area contributed by atoms with E-state index in [2.05, 4.69) is 52.6 Å². The second kappa shape index (κ2) is 14.1. The van der Waals surface area contributed by atoms with Gasteiger partial charge in [0.1, 0.15) is 23.6 Å². The maximum atomic E-state index is 15.6. The number of piperazine rings is 1. The number of halogens is 4. The molecule has 2 aromatic heterocycles. The van der Waals surface area contributed by atoms with Gasteiger partial charge < -0.3 is 14.6 Å². The number of tetrazole rings is 1. The van der Waals surface area contributed by atoms with Crippen molar-refractivity contribution in [2.24, 2.45) is 7.05 Å². The van der Waals surface area contributed by atoms with Gasteiger partial charge in [-0.15, -0.1) is 5.10 Å². The fourth-order valence-electron chi connectivity index (χ4n) is 6.26. The standard InChI is InChI=1S/C30H33FN10O4.C2HF3O2/c1-5-30(2,3)41-26(34-35-36-41)25(17-12-18(15-32)37(4)16-17)39-10-8-38(9-11-39)23-14-20-19(13-21(23)31)28(44)40(29(20)45)22-6-7-24(42)33-27(22)43;3-2(4,5)1(6)7/h12-14,16,22,25H,5-11H2,1-4H3,(H,33,42,43);(H,6,7). The third-order valence-corrected chi connectivity index (χ3v) is 9.40. The Morgan fingerprint density at radius 1 is 1.08 bits per heavy atom. The zero-order valence-corrected chi connectivity index (χ0v) is 28.4. The number of rotatable bonds is 7. The van der Waals surface area contributed by atoms with Crippen LogP contribution >= 0.6 is 0 Å². The second-order valence-electron chi connectivity index (χ2n) is 13.0. The Bertz CT molecular complexity index is 1980. The molecule has 52 heavy (non-hydrogen) atoms. The highest BCUT2D eigenvalue weighted by molar-refractivity contribution is 6.23. The molecule has 0 bridgehead atoms. The summed E-state index contributed by atoms with van der Waals surface area (Å²) in [5, 5.41) is 31.6. The number of hydrogen-bond acceptors (Lipinski definition) is 11. The molecule has 276 valence electrons. The first-order valence-corrected chi connectivity index (χ1v) is 16.1. The Morgan fingerprint density at radius 3 is 2.23 bits per heavy atom. The molecule has 6 rings (SSSR count). The van der Waals surface area contributed by atoms with Gasteiger partial charge in [-0.05, 0) is 60.9 Å². The van der Waals surface area contributed by atoms with E-state index in [9.17, 15) is 37.6 Å². The van der Waals surface area contributed by atoms with E-state index < -0.39 is 47.6 Å². The average Bonchev–Trinajstić information content (AvgIpc) is 3.78. The van der Waals surface area contributed by atoms with Crippen LogP contribution in [0.2, 0.25) is 0 Å². The van der Waals surface area contributed by atoms with Crippen LogP contribution in [0.5, 0.6) is 0 Å².